The summed E-state index contributed by atoms with van der Waals surface area (Å²) in [5, 5.41) is 16.5. The van der Waals surface area contributed by atoms with Crippen LogP contribution in [0, 0.1) is 6.92 Å². The number of hydrogen-bond acceptors (Lipinski definition) is 3. The van der Waals surface area contributed by atoms with Crippen LogP contribution in [-0.4, -0.2) is 27.4 Å². The van der Waals surface area contributed by atoms with Gasteiger partial charge in [0.25, 0.3) is 5.91 Å². The Morgan fingerprint density at radius 2 is 1.88 bits per heavy atom. The van der Waals surface area contributed by atoms with Gasteiger partial charge in [-0.25, -0.2) is 4.68 Å². The molecule has 0 radical (unpaired) electrons. The molecule has 2 aromatic carbocycles. The van der Waals surface area contributed by atoms with Crippen LogP contribution in [0.1, 0.15) is 33.9 Å². The molecule has 1 aromatic heterocycles. The zero-order chi connectivity index (χ0) is 17.6. The van der Waals surface area contributed by atoms with Crippen LogP contribution < -0.4 is 5.32 Å². The maximum absolute atomic E-state index is 12.5. The number of carbonyl (C=O) groups excluding carboxylic acids is 1. The fraction of sp³-hybridized carbons (Fsp3) is 0.200. The van der Waals surface area contributed by atoms with Crippen molar-refractivity contribution in [2.75, 3.05) is 6.61 Å². The predicted octanol–water partition coefficient (Wildman–Crippen LogP) is 3.03. The number of aromatic nitrogens is 2. The molecule has 5 nitrogen and oxygen atoms in total. The van der Waals surface area contributed by atoms with Crippen molar-refractivity contribution in [3.8, 4) is 5.69 Å². The third kappa shape index (κ3) is 4.14. The van der Waals surface area contributed by atoms with E-state index >= 15 is 0 Å². The molecule has 5 heteroatoms. The lowest BCUT2D eigenvalue weighted by Gasteiger charge is -2.18. The summed E-state index contributed by atoms with van der Waals surface area (Å²) in [6.45, 7) is 1.99. The second-order valence-electron chi connectivity index (χ2n) is 5.96. The highest BCUT2D eigenvalue weighted by atomic mass is 16.3. The molecule has 1 heterocycles. The molecule has 0 aliphatic carbocycles. The van der Waals surface area contributed by atoms with Crippen LogP contribution in [0.5, 0.6) is 0 Å². The van der Waals surface area contributed by atoms with Gasteiger partial charge in [0.1, 0.15) is 0 Å². The van der Waals surface area contributed by atoms with E-state index < -0.39 is 0 Å². The Morgan fingerprint density at radius 3 is 2.48 bits per heavy atom. The van der Waals surface area contributed by atoms with Gasteiger partial charge in [0.2, 0.25) is 0 Å². The maximum atomic E-state index is 12.5. The smallest absolute Gasteiger partial charge is 0.251 e. The number of hydrogen-bond donors (Lipinski definition) is 2. The van der Waals surface area contributed by atoms with E-state index in [-0.39, 0.29) is 18.6 Å². The number of aliphatic hydroxyl groups excluding tert-OH is 1. The molecule has 0 bridgehead atoms. The molecule has 1 amide bonds. The number of nitrogens with one attached hydrogen (secondary N) is 1. The monoisotopic (exact) mass is 335 g/mol. The zero-order valence-corrected chi connectivity index (χ0v) is 14.1. The molecule has 0 fully saturated rings. The first kappa shape index (κ1) is 16.9. The van der Waals surface area contributed by atoms with Gasteiger partial charge in [0.15, 0.2) is 0 Å². The third-order valence-electron chi connectivity index (χ3n) is 4.03. The Kier molecular flexibility index (Phi) is 5.26. The number of aliphatic hydroxyl groups is 1. The lowest BCUT2D eigenvalue weighted by atomic mass is 10.0. The van der Waals surface area contributed by atoms with Gasteiger partial charge in [0, 0.05) is 18.4 Å². The van der Waals surface area contributed by atoms with E-state index in [0.29, 0.717) is 12.0 Å². The quantitative estimate of drug-likeness (QED) is 0.727. The Bertz CT molecular complexity index is 826. The predicted molar refractivity (Wildman–Crippen MR) is 96.7 cm³/mol. The number of carbonyl (C=O) groups is 1. The van der Waals surface area contributed by atoms with Crippen LogP contribution in [0.15, 0.2) is 67.0 Å². The summed E-state index contributed by atoms with van der Waals surface area (Å²) in [4.78, 5) is 12.5. The number of amides is 1. The molecule has 0 aliphatic heterocycles. The summed E-state index contributed by atoms with van der Waals surface area (Å²) in [5.74, 6) is -0.162. The van der Waals surface area contributed by atoms with Gasteiger partial charge in [-0.1, -0.05) is 30.3 Å². The van der Waals surface area contributed by atoms with E-state index in [0.717, 1.165) is 16.8 Å². The summed E-state index contributed by atoms with van der Waals surface area (Å²) in [6, 6.07) is 16.7. The van der Waals surface area contributed by atoms with Gasteiger partial charge < -0.3 is 10.4 Å². The largest absolute Gasteiger partial charge is 0.396 e. The number of aryl methyl sites for hydroxylation is 1. The Hall–Kier alpha value is -2.92. The molecular formula is C20H21N3O2. The van der Waals surface area contributed by atoms with Crippen LogP contribution in [-0.2, 0) is 0 Å². The number of benzene rings is 2. The van der Waals surface area contributed by atoms with E-state index in [9.17, 15) is 9.90 Å². The molecule has 0 saturated heterocycles. The molecule has 1 atom stereocenters. The third-order valence-corrected chi connectivity index (χ3v) is 4.03. The summed E-state index contributed by atoms with van der Waals surface area (Å²) < 4.78 is 1.77. The minimum atomic E-state index is -0.216. The van der Waals surface area contributed by atoms with Crippen molar-refractivity contribution >= 4 is 5.91 Å². The van der Waals surface area contributed by atoms with Gasteiger partial charge in [0.05, 0.1) is 17.9 Å². The highest BCUT2D eigenvalue weighted by Gasteiger charge is 2.15. The van der Waals surface area contributed by atoms with Crippen LogP contribution in [0.4, 0.5) is 0 Å². The first-order valence-corrected chi connectivity index (χ1v) is 8.26. The molecule has 3 rings (SSSR count). The summed E-state index contributed by atoms with van der Waals surface area (Å²) >= 11 is 0. The fourth-order valence-electron chi connectivity index (χ4n) is 2.70. The molecule has 2 N–H and O–H groups in total. The average Bonchev–Trinajstić information content (AvgIpc) is 3.08. The molecule has 0 aliphatic rings. The van der Waals surface area contributed by atoms with Crippen molar-refractivity contribution < 1.29 is 9.90 Å². The van der Waals surface area contributed by atoms with Crippen LogP contribution >= 0.6 is 0 Å². The first-order chi connectivity index (χ1) is 12.2. The molecule has 25 heavy (non-hydrogen) atoms. The summed E-state index contributed by atoms with van der Waals surface area (Å²) in [5.41, 5.74) is 3.54. The Labute approximate surface area is 146 Å². The molecule has 3 aromatic rings. The molecule has 0 saturated carbocycles. The Balaban J connectivity index is 1.73. The van der Waals surface area contributed by atoms with Crippen LogP contribution in [0.25, 0.3) is 5.69 Å². The standard InChI is InChI=1S/C20H21N3O2/c1-15-13-21-23(14-15)18-9-7-17(8-10-18)20(25)22-19(11-12-24)16-5-3-2-4-6-16/h2-10,13-14,19,24H,11-12H2,1H3,(H,22,25). The number of nitrogens with zero attached hydrogens (tertiary/aromatic N) is 2. The van der Waals surface area contributed by atoms with E-state index in [4.69, 9.17) is 0 Å². The molecule has 1 unspecified atom stereocenters. The van der Waals surface area contributed by atoms with Gasteiger partial charge in [-0.15, -0.1) is 0 Å². The fourth-order valence-corrected chi connectivity index (χ4v) is 2.70. The van der Waals surface area contributed by atoms with Crippen molar-refractivity contribution in [3.05, 3.63) is 83.7 Å². The minimum Gasteiger partial charge on any atom is -0.396 e. The van der Waals surface area contributed by atoms with Gasteiger partial charge in [-0.05, 0) is 48.7 Å². The van der Waals surface area contributed by atoms with Crippen molar-refractivity contribution in [1.82, 2.24) is 15.1 Å². The van der Waals surface area contributed by atoms with E-state index in [1.165, 1.54) is 0 Å². The number of rotatable bonds is 6. The normalized spacial score (nSPS) is 11.9. The topological polar surface area (TPSA) is 67.2 Å². The zero-order valence-electron chi connectivity index (χ0n) is 14.1. The van der Waals surface area contributed by atoms with Crippen molar-refractivity contribution in [1.29, 1.82) is 0 Å². The highest BCUT2D eigenvalue weighted by molar-refractivity contribution is 5.94. The second-order valence-corrected chi connectivity index (χ2v) is 5.96. The summed E-state index contributed by atoms with van der Waals surface area (Å²) in [6.07, 6.45) is 4.20. The molecule has 0 spiro atoms. The van der Waals surface area contributed by atoms with Gasteiger partial charge in [-0.2, -0.15) is 5.10 Å². The summed E-state index contributed by atoms with van der Waals surface area (Å²) in [7, 11) is 0. The van der Waals surface area contributed by atoms with Crippen LogP contribution in [0.2, 0.25) is 0 Å². The Morgan fingerprint density at radius 1 is 1.16 bits per heavy atom. The SMILES string of the molecule is Cc1cnn(-c2ccc(C(=O)NC(CCO)c3ccccc3)cc2)c1. The first-order valence-electron chi connectivity index (χ1n) is 8.26. The van der Waals surface area contributed by atoms with Crippen LogP contribution in [0.3, 0.4) is 0 Å². The maximum Gasteiger partial charge on any atom is 0.251 e. The second kappa shape index (κ2) is 7.77. The van der Waals surface area contributed by atoms with Gasteiger partial charge in [-0.3, -0.25) is 4.79 Å². The highest BCUT2D eigenvalue weighted by Crippen LogP contribution is 2.17. The molecular weight excluding hydrogens is 314 g/mol. The lowest BCUT2D eigenvalue weighted by Crippen LogP contribution is -2.29. The lowest BCUT2D eigenvalue weighted by molar-refractivity contribution is 0.0930. The van der Waals surface area contributed by atoms with Crippen molar-refractivity contribution in [3.63, 3.8) is 0 Å². The average molecular weight is 335 g/mol. The van der Waals surface area contributed by atoms with Gasteiger partial charge >= 0.3 is 0 Å². The van der Waals surface area contributed by atoms with E-state index in [1.54, 1.807) is 23.0 Å². The van der Waals surface area contributed by atoms with Crippen molar-refractivity contribution in [2.45, 2.75) is 19.4 Å². The van der Waals surface area contributed by atoms with E-state index in [1.807, 2.05) is 55.6 Å². The minimum absolute atomic E-state index is 0.0113. The van der Waals surface area contributed by atoms with E-state index in [2.05, 4.69) is 10.4 Å². The molecule has 128 valence electrons. The van der Waals surface area contributed by atoms with Crippen molar-refractivity contribution in [2.24, 2.45) is 0 Å².